The first-order valence-electron chi connectivity index (χ1n) is 12.4. The molecule has 0 saturated heterocycles. The van der Waals surface area contributed by atoms with Gasteiger partial charge in [-0.1, -0.05) is 67.6 Å². The van der Waals surface area contributed by atoms with Gasteiger partial charge < -0.3 is 15.2 Å². The number of carbonyl (C=O) groups is 2. The molecule has 7 heteroatoms. The lowest BCUT2D eigenvalue weighted by Crippen LogP contribution is -2.47. The Morgan fingerprint density at radius 2 is 1.58 bits per heavy atom. The molecule has 2 aromatic carbocycles. The molecule has 0 fully saturated rings. The topological polar surface area (TPSA) is 88.5 Å². The number of carbonyl (C=O) groups excluding carboxylic acids is 2. The van der Waals surface area contributed by atoms with Crippen LogP contribution in [0.15, 0.2) is 66.9 Å². The Labute approximate surface area is 217 Å². The molecule has 0 saturated carbocycles. The molecule has 1 aromatic heterocycles. The maximum atomic E-state index is 12.6. The third-order valence-corrected chi connectivity index (χ3v) is 6.99. The fraction of sp³-hybridized carbons (Fsp3) is 0.414. The molecular formula is C29H36N2O4S. The van der Waals surface area contributed by atoms with Crippen LogP contribution in [0.25, 0.3) is 0 Å². The highest BCUT2D eigenvalue weighted by molar-refractivity contribution is 7.13. The molecule has 0 aliphatic carbocycles. The predicted molar refractivity (Wildman–Crippen MR) is 144 cm³/mol. The molecule has 3 aromatic rings. The third-order valence-electron chi connectivity index (χ3n) is 5.78. The zero-order valence-electron chi connectivity index (χ0n) is 21.4. The van der Waals surface area contributed by atoms with Crippen molar-refractivity contribution in [1.82, 2.24) is 10.3 Å². The highest BCUT2D eigenvalue weighted by Gasteiger charge is 2.29. The van der Waals surface area contributed by atoms with Crippen LogP contribution in [0.4, 0.5) is 4.79 Å². The molecular weight excluding hydrogens is 472 g/mol. The standard InChI is InChI=1S/C29H36N2O4S/c1-5-24(32)26-19-30-27(36-26)22(16-20-12-8-6-9-13-20)18-25(33)23(17-21-14-10-7-11-15-21)31-28(34)35-29(2,3)4/h6-15,19,22-23,25,33H,5,16-18H2,1-4H3,(H,31,34)/t22-,23+,25+/m1/s1. The van der Waals surface area contributed by atoms with Crippen LogP contribution in [0.1, 0.15) is 72.3 Å². The molecule has 0 aliphatic rings. The SMILES string of the molecule is CCC(=O)c1cnc([C@H](Cc2ccccc2)C[C@H](O)[C@H](Cc2ccccc2)NC(=O)OC(C)(C)C)s1. The fourth-order valence-corrected chi connectivity index (χ4v) is 5.06. The number of thiazole rings is 1. The lowest BCUT2D eigenvalue weighted by molar-refractivity contribution is 0.0405. The molecule has 2 N–H and O–H groups in total. The lowest BCUT2D eigenvalue weighted by Gasteiger charge is -2.29. The highest BCUT2D eigenvalue weighted by atomic mass is 32.1. The minimum absolute atomic E-state index is 0.0614. The minimum Gasteiger partial charge on any atom is -0.444 e. The molecule has 0 aliphatic heterocycles. The van der Waals surface area contributed by atoms with Crippen LogP contribution in [-0.2, 0) is 17.6 Å². The van der Waals surface area contributed by atoms with Crippen molar-refractivity contribution < 1.29 is 19.4 Å². The smallest absolute Gasteiger partial charge is 0.407 e. The van der Waals surface area contributed by atoms with Gasteiger partial charge in [0.1, 0.15) is 5.60 Å². The lowest BCUT2D eigenvalue weighted by atomic mass is 9.89. The largest absolute Gasteiger partial charge is 0.444 e. The average Bonchev–Trinajstić information content (AvgIpc) is 3.33. The van der Waals surface area contributed by atoms with Gasteiger partial charge in [-0.05, 0) is 51.2 Å². The van der Waals surface area contributed by atoms with E-state index in [1.807, 2.05) is 88.4 Å². The first-order valence-corrected chi connectivity index (χ1v) is 13.2. The molecule has 6 nitrogen and oxygen atoms in total. The van der Waals surface area contributed by atoms with Gasteiger partial charge in [-0.2, -0.15) is 0 Å². The summed E-state index contributed by atoms with van der Waals surface area (Å²) in [6.45, 7) is 7.26. The Bertz CT molecular complexity index is 1110. The number of ketones is 1. The van der Waals surface area contributed by atoms with E-state index in [0.717, 1.165) is 16.1 Å². The van der Waals surface area contributed by atoms with Crippen molar-refractivity contribution in [2.24, 2.45) is 0 Å². The molecule has 3 rings (SSSR count). The summed E-state index contributed by atoms with van der Waals surface area (Å²) in [7, 11) is 0. The maximum Gasteiger partial charge on any atom is 0.407 e. The number of rotatable bonds is 11. The summed E-state index contributed by atoms with van der Waals surface area (Å²) in [5.41, 5.74) is 1.47. The molecule has 0 spiro atoms. The van der Waals surface area contributed by atoms with E-state index in [0.29, 0.717) is 30.6 Å². The molecule has 0 unspecified atom stereocenters. The fourth-order valence-electron chi connectivity index (χ4n) is 4.02. The number of nitrogens with zero attached hydrogens (tertiary/aromatic N) is 1. The summed E-state index contributed by atoms with van der Waals surface area (Å²) in [6.07, 6.45) is 2.12. The van der Waals surface area contributed by atoms with E-state index in [1.54, 1.807) is 6.20 Å². The van der Waals surface area contributed by atoms with E-state index in [9.17, 15) is 14.7 Å². The molecule has 36 heavy (non-hydrogen) atoms. The zero-order chi connectivity index (χ0) is 26.1. The van der Waals surface area contributed by atoms with E-state index < -0.39 is 23.8 Å². The van der Waals surface area contributed by atoms with Crippen LogP contribution in [0.2, 0.25) is 0 Å². The molecule has 0 bridgehead atoms. The van der Waals surface area contributed by atoms with Crippen molar-refractivity contribution in [1.29, 1.82) is 0 Å². The average molecular weight is 509 g/mol. The van der Waals surface area contributed by atoms with Gasteiger partial charge in [-0.3, -0.25) is 4.79 Å². The van der Waals surface area contributed by atoms with Gasteiger partial charge in [-0.25, -0.2) is 9.78 Å². The summed E-state index contributed by atoms with van der Waals surface area (Å²) in [6, 6.07) is 19.2. The Kier molecular flexibility index (Phi) is 9.79. The summed E-state index contributed by atoms with van der Waals surface area (Å²) in [5.74, 6) is -0.0594. The number of ether oxygens (including phenoxy) is 1. The Morgan fingerprint density at radius 3 is 2.14 bits per heavy atom. The molecule has 0 radical (unpaired) electrons. The van der Waals surface area contributed by atoms with E-state index in [-0.39, 0.29) is 11.7 Å². The van der Waals surface area contributed by atoms with Crippen molar-refractivity contribution in [3.05, 3.63) is 87.9 Å². The second-order valence-corrected chi connectivity index (χ2v) is 11.0. The second-order valence-electron chi connectivity index (χ2n) is 9.97. The number of hydrogen-bond acceptors (Lipinski definition) is 6. The number of hydrogen-bond donors (Lipinski definition) is 2. The first kappa shape index (κ1) is 27.6. The van der Waals surface area contributed by atoms with Crippen molar-refractivity contribution in [3.8, 4) is 0 Å². The van der Waals surface area contributed by atoms with Gasteiger partial charge in [0.05, 0.1) is 22.0 Å². The van der Waals surface area contributed by atoms with E-state index in [2.05, 4.69) is 10.3 Å². The predicted octanol–water partition coefficient (Wildman–Crippen LogP) is 5.95. The minimum atomic E-state index is -0.860. The normalized spacial score (nSPS) is 14.0. The van der Waals surface area contributed by atoms with Crippen LogP contribution in [0, 0.1) is 0 Å². The number of aliphatic hydroxyl groups is 1. The summed E-state index contributed by atoms with van der Waals surface area (Å²) in [4.78, 5) is 30.1. The van der Waals surface area contributed by atoms with Gasteiger partial charge in [0.25, 0.3) is 0 Å². The number of aliphatic hydroxyl groups excluding tert-OH is 1. The van der Waals surface area contributed by atoms with E-state index >= 15 is 0 Å². The van der Waals surface area contributed by atoms with Crippen LogP contribution in [0.5, 0.6) is 0 Å². The van der Waals surface area contributed by atoms with E-state index in [1.165, 1.54) is 11.3 Å². The monoisotopic (exact) mass is 508 g/mol. The van der Waals surface area contributed by atoms with Gasteiger partial charge in [0.2, 0.25) is 0 Å². The van der Waals surface area contributed by atoms with E-state index in [4.69, 9.17) is 4.74 Å². The molecule has 192 valence electrons. The Morgan fingerprint density at radius 1 is 1.00 bits per heavy atom. The van der Waals surface area contributed by atoms with Crippen LogP contribution in [0.3, 0.4) is 0 Å². The van der Waals surface area contributed by atoms with Gasteiger partial charge in [-0.15, -0.1) is 11.3 Å². The summed E-state index contributed by atoms with van der Waals surface area (Å²) in [5, 5.41) is 15.1. The van der Waals surface area contributed by atoms with Gasteiger partial charge in [0, 0.05) is 18.5 Å². The van der Waals surface area contributed by atoms with Gasteiger partial charge >= 0.3 is 6.09 Å². The van der Waals surface area contributed by atoms with Crippen LogP contribution >= 0.6 is 11.3 Å². The van der Waals surface area contributed by atoms with Crippen molar-refractivity contribution in [3.63, 3.8) is 0 Å². The molecule has 3 atom stereocenters. The number of benzene rings is 2. The quantitative estimate of drug-likeness (QED) is 0.313. The molecule has 1 amide bonds. The summed E-state index contributed by atoms with van der Waals surface area (Å²) < 4.78 is 5.47. The maximum absolute atomic E-state index is 12.6. The summed E-state index contributed by atoms with van der Waals surface area (Å²) >= 11 is 1.39. The van der Waals surface area contributed by atoms with Crippen LogP contribution < -0.4 is 5.32 Å². The van der Waals surface area contributed by atoms with Crippen molar-refractivity contribution in [2.45, 2.75) is 77.0 Å². The number of nitrogens with one attached hydrogen (secondary N) is 1. The number of aromatic nitrogens is 1. The number of amides is 1. The number of Topliss-reactive ketones (excluding diaryl/α,β-unsaturated/α-hetero) is 1. The van der Waals surface area contributed by atoms with Crippen molar-refractivity contribution >= 4 is 23.2 Å². The van der Waals surface area contributed by atoms with Crippen LogP contribution in [-0.4, -0.2) is 39.7 Å². The number of alkyl carbamates (subject to hydrolysis) is 1. The Hall–Kier alpha value is -3.03. The van der Waals surface area contributed by atoms with Crippen molar-refractivity contribution in [2.75, 3.05) is 0 Å². The second kappa shape index (κ2) is 12.8. The highest BCUT2D eigenvalue weighted by Crippen LogP contribution is 2.31. The zero-order valence-corrected chi connectivity index (χ0v) is 22.3. The van der Waals surface area contributed by atoms with Gasteiger partial charge in [0.15, 0.2) is 5.78 Å². The Balaban J connectivity index is 1.84. The molecule has 1 heterocycles. The third kappa shape index (κ3) is 8.57. The first-order chi connectivity index (χ1) is 17.1.